The van der Waals surface area contributed by atoms with Crippen molar-refractivity contribution in [1.29, 1.82) is 0 Å². The lowest BCUT2D eigenvalue weighted by Crippen LogP contribution is -2.28. The van der Waals surface area contributed by atoms with E-state index in [1.807, 2.05) is 31.2 Å². The van der Waals surface area contributed by atoms with Crippen molar-refractivity contribution in [2.24, 2.45) is 5.14 Å². The number of carbonyl (C=O) groups excluding carboxylic acids is 1. The lowest BCUT2D eigenvalue weighted by molar-refractivity contribution is -0.125. The van der Waals surface area contributed by atoms with Gasteiger partial charge in [-0.3, -0.25) is 4.79 Å². The Hall–Kier alpha value is -2.48. The Balaban J connectivity index is 1.85. The highest BCUT2D eigenvalue weighted by Crippen LogP contribution is 2.31. The van der Waals surface area contributed by atoms with Crippen LogP contribution in [0.15, 0.2) is 66.1 Å². The largest absolute Gasteiger partial charge is 0.371 e. The Morgan fingerprint density at radius 2 is 2.00 bits per heavy atom. The number of likely N-dealkylation sites (tertiary alicyclic amines) is 1. The van der Waals surface area contributed by atoms with Gasteiger partial charge in [-0.15, -0.1) is 0 Å². The number of hydrogen-bond donors (Lipinski definition) is 1. The monoisotopic (exact) mass is 400 g/mol. The van der Waals surface area contributed by atoms with Crippen molar-refractivity contribution in [1.82, 2.24) is 4.90 Å². The highest BCUT2D eigenvalue weighted by atomic mass is 32.2. The molecule has 6 nitrogen and oxygen atoms in total. The topological polar surface area (TPSA) is 89.7 Å². The SMILES string of the molecule is C=CC(=O)N1C[C@@H](OCc2cccc(C)c2)[C@H](c2cccc(S(N)(=O)=O)c2)C1. The van der Waals surface area contributed by atoms with Crippen LogP contribution >= 0.6 is 0 Å². The van der Waals surface area contributed by atoms with Gasteiger partial charge in [-0.05, 0) is 36.3 Å². The van der Waals surface area contributed by atoms with Gasteiger partial charge in [0.1, 0.15) is 0 Å². The lowest BCUT2D eigenvalue weighted by atomic mass is 9.96. The molecule has 2 aromatic carbocycles. The fourth-order valence-electron chi connectivity index (χ4n) is 3.50. The Kier molecular flexibility index (Phi) is 5.98. The molecule has 1 aliphatic rings. The van der Waals surface area contributed by atoms with E-state index in [1.165, 1.54) is 12.1 Å². The van der Waals surface area contributed by atoms with Crippen LogP contribution in [0, 0.1) is 6.92 Å². The van der Waals surface area contributed by atoms with E-state index in [0.29, 0.717) is 19.7 Å². The molecule has 2 atom stereocenters. The van der Waals surface area contributed by atoms with Crippen LogP contribution in [0.4, 0.5) is 0 Å². The van der Waals surface area contributed by atoms with Crippen molar-refractivity contribution in [2.45, 2.75) is 30.4 Å². The molecule has 3 rings (SSSR count). The Morgan fingerprint density at radius 3 is 2.68 bits per heavy atom. The number of sulfonamides is 1. The van der Waals surface area contributed by atoms with Gasteiger partial charge >= 0.3 is 0 Å². The number of hydrogen-bond acceptors (Lipinski definition) is 4. The first kappa shape index (κ1) is 20.3. The van der Waals surface area contributed by atoms with Crippen LogP contribution in [0.2, 0.25) is 0 Å². The number of carbonyl (C=O) groups is 1. The van der Waals surface area contributed by atoms with Crippen LogP contribution in [-0.4, -0.2) is 38.4 Å². The number of primary sulfonamides is 1. The van der Waals surface area contributed by atoms with E-state index in [4.69, 9.17) is 9.88 Å². The van der Waals surface area contributed by atoms with Gasteiger partial charge in [0.25, 0.3) is 0 Å². The van der Waals surface area contributed by atoms with Crippen LogP contribution < -0.4 is 5.14 Å². The second-order valence-corrected chi connectivity index (χ2v) is 8.57. The number of rotatable bonds is 6. The minimum Gasteiger partial charge on any atom is -0.371 e. The van der Waals surface area contributed by atoms with E-state index in [0.717, 1.165) is 16.7 Å². The molecular weight excluding hydrogens is 376 g/mol. The quantitative estimate of drug-likeness (QED) is 0.754. The maximum Gasteiger partial charge on any atom is 0.246 e. The molecule has 0 unspecified atom stereocenters. The van der Waals surface area contributed by atoms with Crippen LogP contribution in [-0.2, 0) is 26.2 Å². The highest BCUT2D eigenvalue weighted by molar-refractivity contribution is 7.89. The molecular formula is C21H24N2O4S. The van der Waals surface area contributed by atoms with Crippen molar-refractivity contribution in [3.63, 3.8) is 0 Å². The molecule has 148 valence electrons. The van der Waals surface area contributed by atoms with Crippen LogP contribution in [0.1, 0.15) is 22.6 Å². The molecule has 28 heavy (non-hydrogen) atoms. The average molecular weight is 401 g/mol. The number of nitrogens with two attached hydrogens (primary N) is 1. The summed E-state index contributed by atoms with van der Waals surface area (Å²) in [6.07, 6.45) is 1.01. The Morgan fingerprint density at radius 1 is 1.25 bits per heavy atom. The van der Waals surface area contributed by atoms with Gasteiger partial charge in [-0.2, -0.15) is 0 Å². The standard InChI is InChI=1S/C21H24N2O4S/c1-3-21(24)23-12-19(17-8-5-9-18(11-17)28(22,25)26)20(13-23)27-14-16-7-4-6-15(2)10-16/h3-11,19-20H,1,12-14H2,2H3,(H2,22,25,26)/t19-,20+/m0/s1. The Labute approximate surface area is 165 Å². The molecule has 0 aromatic heterocycles. The molecule has 1 heterocycles. The zero-order valence-corrected chi connectivity index (χ0v) is 16.6. The Bertz CT molecular complexity index is 987. The van der Waals surface area contributed by atoms with Crippen LogP contribution in [0.3, 0.4) is 0 Å². The summed E-state index contributed by atoms with van der Waals surface area (Å²) in [5.41, 5.74) is 2.97. The predicted octanol–water partition coefficient (Wildman–Crippen LogP) is 2.34. The zero-order chi connectivity index (χ0) is 20.3. The summed E-state index contributed by atoms with van der Waals surface area (Å²) in [7, 11) is -3.80. The fourth-order valence-corrected chi connectivity index (χ4v) is 4.07. The minimum absolute atomic E-state index is 0.0518. The molecule has 0 aliphatic carbocycles. The van der Waals surface area contributed by atoms with E-state index in [-0.39, 0.29) is 22.8 Å². The van der Waals surface area contributed by atoms with E-state index < -0.39 is 10.0 Å². The van der Waals surface area contributed by atoms with Crippen LogP contribution in [0.25, 0.3) is 0 Å². The maximum atomic E-state index is 12.1. The maximum absolute atomic E-state index is 12.1. The second-order valence-electron chi connectivity index (χ2n) is 7.01. The second kappa shape index (κ2) is 8.26. The van der Waals surface area contributed by atoms with Gasteiger partial charge in [-0.1, -0.05) is 48.5 Å². The first-order valence-corrected chi connectivity index (χ1v) is 10.5. The summed E-state index contributed by atoms with van der Waals surface area (Å²) in [5, 5.41) is 5.27. The normalized spacial score (nSPS) is 19.6. The summed E-state index contributed by atoms with van der Waals surface area (Å²) in [5.74, 6) is -0.329. The molecule has 0 spiro atoms. The van der Waals surface area contributed by atoms with E-state index >= 15 is 0 Å². The summed E-state index contributed by atoms with van der Waals surface area (Å²) in [4.78, 5) is 13.8. The van der Waals surface area contributed by atoms with Gasteiger partial charge in [0.15, 0.2) is 0 Å². The van der Waals surface area contributed by atoms with Crippen molar-refractivity contribution in [2.75, 3.05) is 13.1 Å². The van der Waals surface area contributed by atoms with Crippen LogP contribution in [0.5, 0.6) is 0 Å². The van der Waals surface area contributed by atoms with Crippen molar-refractivity contribution in [3.8, 4) is 0 Å². The fraction of sp³-hybridized carbons (Fsp3) is 0.286. The van der Waals surface area contributed by atoms with Gasteiger partial charge in [-0.25, -0.2) is 13.6 Å². The molecule has 2 N–H and O–H groups in total. The smallest absolute Gasteiger partial charge is 0.246 e. The van der Waals surface area contributed by atoms with E-state index in [1.54, 1.807) is 17.0 Å². The minimum atomic E-state index is -3.80. The van der Waals surface area contributed by atoms with E-state index in [9.17, 15) is 13.2 Å². The summed E-state index contributed by atoms with van der Waals surface area (Å²) in [6.45, 7) is 6.82. The third-order valence-electron chi connectivity index (χ3n) is 4.91. The first-order chi connectivity index (χ1) is 13.3. The number of benzene rings is 2. The molecule has 2 aromatic rings. The molecule has 0 saturated carbocycles. The number of aryl methyl sites for hydroxylation is 1. The molecule has 0 bridgehead atoms. The third kappa shape index (κ3) is 4.67. The summed E-state index contributed by atoms with van der Waals surface area (Å²) >= 11 is 0. The number of amides is 1. The summed E-state index contributed by atoms with van der Waals surface area (Å²) < 4.78 is 29.6. The van der Waals surface area contributed by atoms with E-state index in [2.05, 4.69) is 12.6 Å². The van der Waals surface area contributed by atoms with Gasteiger partial charge < -0.3 is 9.64 Å². The molecule has 1 aliphatic heterocycles. The van der Waals surface area contributed by atoms with Crippen molar-refractivity contribution >= 4 is 15.9 Å². The molecule has 1 fully saturated rings. The average Bonchev–Trinajstić information content (AvgIpc) is 3.09. The highest BCUT2D eigenvalue weighted by Gasteiger charge is 2.36. The molecule has 7 heteroatoms. The van der Waals surface area contributed by atoms with Gasteiger partial charge in [0, 0.05) is 19.0 Å². The molecule has 1 amide bonds. The van der Waals surface area contributed by atoms with Gasteiger partial charge in [0.05, 0.1) is 17.6 Å². The first-order valence-electron chi connectivity index (χ1n) is 8.99. The van der Waals surface area contributed by atoms with Gasteiger partial charge in [0.2, 0.25) is 15.9 Å². The molecule has 0 radical (unpaired) electrons. The predicted molar refractivity (Wildman–Crippen MR) is 107 cm³/mol. The zero-order valence-electron chi connectivity index (χ0n) is 15.7. The lowest BCUT2D eigenvalue weighted by Gasteiger charge is -2.20. The number of nitrogens with zero attached hydrogens (tertiary/aromatic N) is 1. The number of ether oxygens (including phenoxy) is 1. The molecule has 1 saturated heterocycles. The van der Waals surface area contributed by atoms with Crippen molar-refractivity contribution < 1.29 is 17.9 Å². The van der Waals surface area contributed by atoms with Crippen molar-refractivity contribution in [3.05, 3.63) is 77.9 Å². The summed E-state index contributed by atoms with van der Waals surface area (Å²) in [6, 6.07) is 14.6. The third-order valence-corrected chi connectivity index (χ3v) is 5.82.